The first-order valence-electron chi connectivity index (χ1n) is 8.06. The number of carbonyl (C=O) groups excluding carboxylic acids is 1. The van der Waals surface area contributed by atoms with Gasteiger partial charge in [-0.15, -0.1) is 0 Å². The minimum atomic E-state index is -1.14. The fraction of sp³-hybridized carbons (Fsp3) is 0.278. The van der Waals surface area contributed by atoms with Crippen LogP contribution in [0.15, 0.2) is 42.5 Å². The monoisotopic (exact) mass is 363 g/mol. The number of aliphatic hydroxyl groups is 1. The molecule has 2 aromatic carbocycles. The molecule has 2 amide bonds. The van der Waals surface area contributed by atoms with Crippen LogP contribution in [0.1, 0.15) is 11.5 Å². The number of nitrogens with one attached hydrogen (secondary N) is 3. The Morgan fingerprint density at radius 3 is 2.50 bits per heavy atom. The average molecular weight is 363 g/mol. The first-order chi connectivity index (χ1) is 12.5. The lowest BCUT2D eigenvalue weighted by Crippen LogP contribution is -2.47. The quantitative estimate of drug-likeness (QED) is 0.671. The van der Waals surface area contributed by atoms with Gasteiger partial charge in [-0.05, 0) is 12.1 Å². The fourth-order valence-corrected chi connectivity index (χ4v) is 3.06. The number of anilines is 1. The van der Waals surface area contributed by atoms with E-state index >= 15 is 0 Å². The van der Waals surface area contributed by atoms with Crippen LogP contribution in [0.4, 0.5) is 19.3 Å². The van der Waals surface area contributed by atoms with Crippen molar-refractivity contribution >= 4 is 11.7 Å². The molecule has 1 heterocycles. The Morgan fingerprint density at radius 1 is 1.23 bits per heavy atom. The third kappa shape index (κ3) is 3.76. The molecule has 3 atom stereocenters. The van der Waals surface area contributed by atoms with Gasteiger partial charge in [0.25, 0.3) is 0 Å². The summed E-state index contributed by atoms with van der Waals surface area (Å²) in [5.41, 5.74) is 0.351. The van der Waals surface area contributed by atoms with Crippen molar-refractivity contribution in [3.8, 4) is 5.75 Å². The summed E-state index contributed by atoms with van der Waals surface area (Å²) in [6.07, 6.45) is -1.14. The van der Waals surface area contributed by atoms with Crippen LogP contribution in [0.2, 0.25) is 0 Å². The topological polar surface area (TPSA) is 82.6 Å². The Hall–Kier alpha value is -2.71. The molecule has 6 nitrogen and oxygen atoms in total. The summed E-state index contributed by atoms with van der Waals surface area (Å²) in [4.78, 5) is 12.2. The number of hydrogen-bond acceptors (Lipinski definition) is 4. The fourth-order valence-electron chi connectivity index (χ4n) is 3.06. The molecule has 26 heavy (non-hydrogen) atoms. The van der Waals surface area contributed by atoms with Crippen LogP contribution in [0.3, 0.4) is 0 Å². The molecule has 3 rings (SSSR count). The molecule has 1 saturated heterocycles. The van der Waals surface area contributed by atoms with Gasteiger partial charge in [0.05, 0.1) is 13.2 Å². The van der Waals surface area contributed by atoms with Gasteiger partial charge in [0.15, 0.2) is 0 Å². The summed E-state index contributed by atoms with van der Waals surface area (Å²) in [5.74, 6) is -2.31. The zero-order valence-electron chi connectivity index (χ0n) is 14.0. The van der Waals surface area contributed by atoms with E-state index < -0.39 is 35.9 Å². The average Bonchev–Trinajstić information content (AvgIpc) is 2.95. The molecule has 1 unspecified atom stereocenters. The van der Waals surface area contributed by atoms with Crippen molar-refractivity contribution in [3.63, 3.8) is 0 Å². The lowest BCUT2D eigenvalue weighted by molar-refractivity contribution is 0.128. The van der Waals surface area contributed by atoms with Crippen LogP contribution in [0.25, 0.3) is 0 Å². The summed E-state index contributed by atoms with van der Waals surface area (Å²) >= 11 is 0. The Labute approximate surface area is 149 Å². The summed E-state index contributed by atoms with van der Waals surface area (Å²) in [5, 5.41) is 18.0. The molecule has 1 aliphatic rings. The number of hydrogen-bond donors (Lipinski definition) is 4. The van der Waals surface area contributed by atoms with Gasteiger partial charge in [-0.1, -0.05) is 18.2 Å². The SMILES string of the molecule is COc1cc(F)c([C@@H]2CNC(O)[C@H]2NC(=O)Nc2ccccc2)c(F)c1. The van der Waals surface area contributed by atoms with Crippen LogP contribution in [0.5, 0.6) is 5.75 Å². The lowest BCUT2D eigenvalue weighted by atomic mass is 9.92. The third-order valence-corrected chi connectivity index (χ3v) is 4.31. The van der Waals surface area contributed by atoms with Crippen molar-refractivity contribution in [1.82, 2.24) is 10.6 Å². The molecular formula is C18H19F2N3O3. The molecule has 0 bridgehead atoms. The summed E-state index contributed by atoms with van der Waals surface area (Å²) in [6, 6.07) is 9.37. The second-order valence-electron chi connectivity index (χ2n) is 5.95. The zero-order chi connectivity index (χ0) is 18.7. The van der Waals surface area contributed by atoms with Crippen LogP contribution in [0, 0.1) is 11.6 Å². The molecule has 0 spiro atoms. The highest BCUT2D eigenvalue weighted by molar-refractivity contribution is 5.89. The van der Waals surface area contributed by atoms with Crippen molar-refractivity contribution in [1.29, 1.82) is 0 Å². The molecule has 0 saturated carbocycles. The van der Waals surface area contributed by atoms with Gasteiger partial charge >= 0.3 is 6.03 Å². The van der Waals surface area contributed by atoms with E-state index in [1.54, 1.807) is 30.3 Å². The molecule has 0 radical (unpaired) electrons. The molecule has 2 aromatic rings. The molecule has 0 aliphatic carbocycles. The van der Waals surface area contributed by atoms with Gasteiger partial charge < -0.3 is 20.5 Å². The van der Waals surface area contributed by atoms with Crippen molar-refractivity contribution < 1.29 is 23.4 Å². The van der Waals surface area contributed by atoms with Crippen LogP contribution in [-0.2, 0) is 0 Å². The first kappa shape index (κ1) is 18.1. The highest BCUT2D eigenvalue weighted by atomic mass is 19.1. The summed E-state index contributed by atoms with van der Waals surface area (Å²) < 4.78 is 33.6. The van der Waals surface area contributed by atoms with Crippen LogP contribution in [-0.4, -0.2) is 37.1 Å². The predicted molar refractivity (Wildman–Crippen MR) is 92.0 cm³/mol. The second kappa shape index (κ2) is 7.67. The van der Waals surface area contributed by atoms with E-state index in [2.05, 4.69) is 16.0 Å². The van der Waals surface area contributed by atoms with Crippen molar-refractivity contribution in [3.05, 3.63) is 59.7 Å². The number of benzene rings is 2. The van der Waals surface area contributed by atoms with E-state index in [1.165, 1.54) is 7.11 Å². The van der Waals surface area contributed by atoms with Gasteiger partial charge in [-0.2, -0.15) is 0 Å². The molecule has 0 aromatic heterocycles. The third-order valence-electron chi connectivity index (χ3n) is 4.31. The van der Waals surface area contributed by atoms with Crippen LogP contribution < -0.4 is 20.7 Å². The summed E-state index contributed by atoms with van der Waals surface area (Å²) in [6.45, 7) is 0.109. The maximum absolute atomic E-state index is 14.4. The Kier molecular flexibility index (Phi) is 5.34. The van der Waals surface area contributed by atoms with E-state index in [4.69, 9.17) is 4.74 Å². The maximum Gasteiger partial charge on any atom is 0.319 e. The molecule has 8 heteroatoms. The largest absolute Gasteiger partial charge is 0.497 e. The first-order valence-corrected chi connectivity index (χ1v) is 8.06. The van der Waals surface area contributed by atoms with E-state index in [9.17, 15) is 18.7 Å². The van der Waals surface area contributed by atoms with E-state index in [-0.39, 0.29) is 17.9 Å². The number of amides is 2. The van der Waals surface area contributed by atoms with Gasteiger partial charge in [0.1, 0.15) is 23.6 Å². The van der Waals surface area contributed by atoms with Crippen molar-refractivity contribution in [2.75, 3.05) is 19.0 Å². The number of aliphatic hydroxyl groups excluding tert-OH is 1. The number of ether oxygens (including phenoxy) is 1. The van der Waals surface area contributed by atoms with E-state index in [0.29, 0.717) is 5.69 Å². The molecule has 1 aliphatic heterocycles. The highest BCUT2D eigenvalue weighted by Gasteiger charge is 2.39. The van der Waals surface area contributed by atoms with Gasteiger partial charge in [0, 0.05) is 35.8 Å². The molecule has 138 valence electrons. The minimum Gasteiger partial charge on any atom is -0.497 e. The predicted octanol–water partition coefficient (Wildman–Crippen LogP) is 2.17. The smallest absolute Gasteiger partial charge is 0.319 e. The standard InChI is InChI=1S/C18H19F2N3O3/c1-26-11-7-13(19)15(14(20)8-11)12-9-21-17(24)16(12)23-18(25)22-10-5-3-2-4-6-10/h2-8,12,16-17,21,24H,9H2,1H3,(H2,22,23,25)/t12-,16-,17?/m0/s1. The lowest BCUT2D eigenvalue weighted by Gasteiger charge is -2.24. The van der Waals surface area contributed by atoms with Crippen molar-refractivity contribution in [2.45, 2.75) is 18.2 Å². The molecular weight excluding hydrogens is 344 g/mol. The number of halogens is 2. The van der Waals surface area contributed by atoms with E-state index in [0.717, 1.165) is 12.1 Å². The molecule has 1 fully saturated rings. The highest BCUT2D eigenvalue weighted by Crippen LogP contribution is 2.32. The Morgan fingerprint density at radius 2 is 1.88 bits per heavy atom. The van der Waals surface area contributed by atoms with Gasteiger partial charge in [-0.3, -0.25) is 5.32 Å². The number of carbonyl (C=O) groups is 1. The Bertz CT molecular complexity index is 766. The Balaban J connectivity index is 1.79. The molecule has 4 N–H and O–H groups in total. The normalized spacial score (nSPS) is 22.1. The number of rotatable bonds is 4. The number of urea groups is 1. The van der Waals surface area contributed by atoms with E-state index in [1.807, 2.05) is 0 Å². The number of methoxy groups -OCH3 is 1. The van der Waals surface area contributed by atoms with Gasteiger partial charge in [-0.25, -0.2) is 13.6 Å². The second-order valence-corrected chi connectivity index (χ2v) is 5.95. The zero-order valence-corrected chi connectivity index (χ0v) is 14.0. The maximum atomic E-state index is 14.4. The van der Waals surface area contributed by atoms with Gasteiger partial charge in [0.2, 0.25) is 0 Å². The number of para-hydroxylation sites is 1. The van der Waals surface area contributed by atoms with Crippen molar-refractivity contribution in [2.24, 2.45) is 0 Å². The van der Waals surface area contributed by atoms with Crippen LogP contribution >= 0.6 is 0 Å². The summed E-state index contributed by atoms with van der Waals surface area (Å²) in [7, 11) is 1.31. The minimum absolute atomic E-state index is 0.0570.